The third-order valence-corrected chi connectivity index (χ3v) is 3.59. The van der Waals surface area contributed by atoms with Crippen LogP contribution in [0.3, 0.4) is 0 Å². The van der Waals surface area contributed by atoms with Gasteiger partial charge in [-0.25, -0.2) is 4.98 Å². The van der Waals surface area contributed by atoms with Gasteiger partial charge in [-0.05, 0) is 24.6 Å². The summed E-state index contributed by atoms with van der Waals surface area (Å²) in [6, 6.07) is 11.0. The second-order valence-corrected chi connectivity index (χ2v) is 5.75. The molecule has 0 spiro atoms. The van der Waals surface area contributed by atoms with Crippen LogP contribution in [0, 0.1) is 6.92 Å². The van der Waals surface area contributed by atoms with Gasteiger partial charge in [0, 0.05) is 5.69 Å². The maximum Gasteiger partial charge on any atom is 0.439 e. The molecule has 2 aromatic rings. The maximum absolute atomic E-state index is 13.5. The molecule has 1 heterocycles. The van der Waals surface area contributed by atoms with Crippen LogP contribution in [-0.2, 0) is 11.2 Å². The fraction of sp³-hybridized carbons (Fsp3) is 0.294. The van der Waals surface area contributed by atoms with Crippen molar-refractivity contribution in [1.82, 2.24) is 10.3 Å². The van der Waals surface area contributed by atoms with Gasteiger partial charge in [0.05, 0.1) is 6.42 Å². The number of aromatic nitrogens is 1. The zero-order valence-electron chi connectivity index (χ0n) is 13.9. The summed E-state index contributed by atoms with van der Waals surface area (Å²) in [5, 5.41) is 2.42. The van der Waals surface area contributed by atoms with Crippen molar-refractivity contribution in [2.75, 3.05) is 5.32 Å². The average molecular weight is 391 g/mol. The first-order valence-corrected chi connectivity index (χ1v) is 7.65. The molecule has 2 N–H and O–H groups in total. The average Bonchev–Trinajstić information content (AvgIpc) is 2.53. The number of carbonyl (C=O) groups excluding carboxylic acids is 1. The van der Waals surface area contributed by atoms with Crippen LogP contribution in [0.2, 0.25) is 0 Å². The van der Waals surface area contributed by atoms with Crippen LogP contribution < -0.4 is 10.6 Å². The van der Waals surface area contributed by atoms with Gasteiger partial charge < -0.3 is 10.6 Å². The van der Waals surface area contributed by atoms with E-state index in [9.17, 15) is 31.1 Å². The van der Waals surface area contributed by atoms with Crippen LogP contribution in [0.1, 0.15) is 11.3 Å². The number of carbonyl (C=O) groups is 1. The molecule has 0 bridgehead atoms. The lowest BCUT2D eigenvalue weighted by atomic mass is 10.1. The Morgan fingerprint density at radius 1 is 0.926 bits per heavy atom. The molecule has 10 heteroatoms. The summed E-state index contributed by atoms with van der Waals surface area (Å²) < 4.78 is 81.2. The second-order valence-electron chi connectivity index (χ2n) is 5.75. The molecule has 0 atom stereocenters. The first kappa shape index (κ1) is 20.5. The second kappa shape index (κ2) is 7.45. The Morgan fingerprint density at radius 3 is 2.04 bits per heavy atom. The molecule has 0 aliphatic carbocycles. The molecule has 0 aliphatic rings. The molecule has 27 heavy (non-hydrogen) atoms. The standard InChI is InChI=1S/C17H15F6N3O/c1-11-6-5-9-13(24-11)25-15(16(18,19)20,17(21,22)23)26-14(27)10-12-7-3-2-4-8-12/h2-9H,10H2,1H3,(H,24,25)(H,26,27). The lowest BCUT2D eigenvalue weighted by molar-refractivity contribution is -0.296. The summed E-state index contributed by atoms with van der Waals surface area (Å²) in [6.45, 7) is 1.40. The third-order valence-electron chi connectivity index (χ3n) is 3.59. The first-order valence-electron chi connectivity index (χ1n) is 7.65. The van der Waals surface area contributed by atoms with Crippen LogP contribution >= 0.6 is 0 Å². The van der Waals surface area contributed by atoms with Gasteiger partial charge in [0.2, 0.25) is 5.91 Å². The maximum atomic E-state index is 13.5. The normalized spacial score (nSPS) is 12.6. The SMILES string of the molecule is Cc1cccc(NC(NC(=O)Cc2ccccc2)(C(F)(F)F)C(F)(F)F)n1. The van der Waals surface area contributed by atoms with Gasteiger partial charge in [0.25, 0.3) is 0 Å². The number of aryl methyl sites for hydroxylation is 1. The number of nitrogens with zero attached hydrogens (tertiary/aromatic N) is 1. The minimum Gasteiger partial charge on any atom is -0.332 e. The number of halogens is 6. The van der Waals surface area contributed by atoms with Crippen LogP contribution in [0.25, 0.3) is 0 Å². The van der Waals surface area contributed by atoms with Crippen molar-refractivity contribution < 1.29 is 31.1 Å². The van der Waals surface area contributed by atoms with Crippen molar-refractivity contribution in [1.29, 1.82) is 0 Å². The Hall–Kier alpha value is -2.78. The Labute approximate surface area is 150 Å². The van der Waals surface area contributed by atoms with Gasteiger partial charge >= 0.3 is 18.0 Å². The van der Waals surface area contributed by atoms with E-state index in [2.05, 4.69) is 4.98 Å². The molecule has 0 radical (unpaired) electrons. The largest absolute Gasteiger partial charge is 0.439 e. The highest BCUT2D eigenvalue weighted by molar-refractivity contribution is 5.80. The Balaban J connectivity index is 2.40. The molecule has 1 aromatic carbocycles. The van der Waals surface area contributed by atoms with Gasteiger partial charge in [0.1, 0.15) is 5.82 Å². The van der Waals surface area contributed by atoms with Crippen LogP contribution in [0.5, 0.6) is 0 Å². The predicted octanol–water partition coefficient (Wildman–Crippen LogP) is 3.98. The molecule has 1 amide bonds. The predicted molar refractivity (Wildman–Crippen MR) is 85.7 cm³/mol. The summed E-state index contributed by atoms with van der Waals surface area (Å²) in [5.74, 6) is -2.12. The first-order chi connectivity index (χ1) is 12.4. The molecule has 0 saturated heterocycles. The summed E-state index contributed by atoms with van der Waals surface area (Å²) in [5.41, 5.74) is -4.22. The third kappa shape index (κ3) is 4.69. The highest BCUT2D eigenvalue weighted by atomic mass is 19.4. The van der Waals surface area contributed by atoms with E-state index < -0.39 is 36.2 Å². The number of amides is 1. The molecule has 2 rings (SSSR count). The molecule has 0 aliphatic heterocycles. The van der Waals surface area contributed by atoms with E-state index in [1.54, 1.807) is 6.07 Å². The summed E-state index contributed by atoms with van der Waals surface area (Å²) in [6.07, 6.45) is -12.4. The van der Waals surface area contributed by atoms with Crippen LogP contribution in [-0.4, -0.2) is 28.9 Å². The van der Waals surface area contributed by atoms with Crippen molar-refractivity contribution >= 4 is 11.7 Å². The summed E-state index contributed by atoms with van der Waals surface area (Å²) >= 11 is 0. The van der Waals surface area contributed by atoms with Gasteiger partial charge in [-0.15, -0.1) is 0 Å². The van der Waals surface area contributed by atoms with Crippen molar-refractivity contribution in [2.45, 2.75) is 31.4 Å². The van der Waals surface area contributed by atoms with Crippen molar-refractivity contribution in [3.05, 3.63) is 59.8 Å². The highest BCUT2D eigenvalue weighted by Gasteiger charge is 2.72. The topological polar surface area (TPSA) is 54.0 Å². The number of hydrogen-bond donors (Lipinski definition) is 2. The minimum absolute atomic E-state index is 0.203. The summed E-state index contributed by atoms with van der Waals surface area (Å²) in [4.78, 5) is 15.6. The molecule has 146 valence electrons. The number of hydrogen-bond acceptors (Lipinski definition) is 3. The highest BCUT2D eigenvalue weighted by Crippen LogP contribution is 2.43. The van der Waals surface area contributed by atoms with Gasteiger partial charge in [-0.3, -0.25) is 4.79 Å². The fourth-order valence-corrected chi connectivity index (χ4v) is 2.31. The Kier molecular flexibility index (Phi) is 5.67. The quantitative estimate of drug-likeness (QED) is 0.599. The number of pyridine rings is 1. The smallest absolute Gasteiger partial charge is 0.332 e. The van der Waals surface area contributed by atoms with Crippen LogP contribution in [0.15, 0.2) is 48.5 Å². The number of alkyl halides is 6. The van der Waals surface area contributed by atoms with Crippen molar-refractivity contribution in [3.8, 4) is 0 Å². The van der Waals surface area contributed by atoms with E-state index in [4.69, 9.17) is 0 Å². The van der Waals surface area contributed by atoms with E-state index in [1.807, 2.05) is 0 Å². The number of benzene rings is 1. The Morgan fingerprint density at radius 2 is 1.52 bits per heavy atom. The number of nitrogens with one attached hydrogen (secondary N) is 2. The van der Waals surface area contributed by atoms with E-state index in [1.165, 1.54) is 48.6 Å². The molecule has 0 saturated carbocycles. The van der Waals surface area contributed by atoms with Crippen molar-refractivity contribution in [3.63, 3.8) is 0 Å². The minimum atomic E-state index is -5.89. The monoisotopic (exact) mass is 391 g/mol. The van der Waals surface area contributed by atoms with Gasteiger partial charge in [0.15, 0.2) is 0 Å². The zero-order valence-corrected chi connectivity index (χ0v) is 13.9. The zero-order chi connectivity index (χ0) is 20.3. The molecular formula is C17H15F6N3O. The van der Waals surface area contributed by atoms with E-state index >= 15 is 0 Å². The van der Waals surface area contributed by atoms with E-state index in [0.29, 0.717) is 0 Å². The molecule has 0 unspecified atom stereocenters. The van der Waals surface area contributed by atoms with E-state index in [-0.39, 0.29) is 11.3 Å². The summed E-state index contributed by atoms with van der Waals surface area (Å²) in [7, 11) is 0. The van der Waals surface area contributed by atoms with Crippen molar-refractivity contribution in [2.24, 2.45) is 0 Å². The lowest BCUT2D eigenvalue weighted by Crippen LogP contribution is -2.72. The lowest BCUT2D eigenvalue weighted by Gasteiger charge is -2.38. The molecule has 0 fully saturated rings. The number of anilines is 1. The number of rotatable bonds is 5. The molecule has 4 nitrogen and oxygen atoms in total. The molecule has 1 aromatic heterocycles. The molecular weight excluding hydrogens is 376 g/mol. The van der Waals surface area contributed by atoms with Gasteiger partial charge in [-0.1, -0.05) is 36.4 Å². The fourth-order valence-electron chi connectivity index (χ4n) is 2.31. The van der Waals surface area contributed by atoms with E-state index in [0.717, 1.165) is 11.4 Å². The van der Waals surface area contributed by atoms with Gasteiger partial charge in [-0.2, -0.15) is 26.3 Å². The Bertz CT molecular complexity index is 775. The van der Waals surface area contributed by atoms with Crippen LogP contribution in [0.4, 0.5) is 32.2 Å².